The molecule has 1 nitrogen and oxygen atoms in total. The van der Waals surface area contributed by atoms with Crippen molar-refractivity contribution in [3.63, 3.8) is 0 Å². The van der Waals surface area contributed by atoms with Crippen LogP contribution in [0.3, 0.4) is 0 Å². The maximum atomic E-state index is 3.23. The van der Waals surface area contributed by atoms with Gasteiger partial charge in [-0.2, -0.15) is 0 Å². The van der Waals surface area contributed by atoms with E-state index < -0.39 is 0 Å². The van der Waals surface area contributed by atoms with Gasteiger partial charge in [-0.15, -0.1) is 0 Å². The minimum atomic E-state index is 1.27. The average molecular weight is 141 g/mol. The zero-order chi connectivity index (χ0) is 7.26. The van der Waals surface area contributed by atoms with Gasteiger partial charge in [0.2, 0.25) is 0 Å². The Hall–Kier alpha value is -1.50. The third-order valence-electron chi connectivity index (χ3n) is 2.23. The standard InChI is InChI=1S/C10H7N/c1-2-8-5-6-11-10(8)9-4-3-7(1)9/h1-6,11H. The van der Waals surface area contributed by atoms with Crippen molar-refractivity contribution in [1.82, 2.24) is 4.98 Å². The molecule has 1 heteroatoms. The number of fused-ring (bicyclic) bond motifs is 3. The lowest BCUT2D eigenvalue weighted by Gasteiger charge is -2.10. The Morgan fingerprint density at radius 3 is 2.82 bits per heavy atom. The van der Waals surface area contributed by atoms with Gasteiger partial charge in [-0.05, 0) is 11.6 Å². The Morgan fingerprint density at radius 2 is 2.00 bits per heavy atom. The highest BCUT2D eigenvalue weighted by Crippen LogP contribution is 2.30. The highest BCUT2D eigenvalue weighted by molar-refractivity contribution is 6.00. The second kappa shape index (κ2) is 1.56. The molecule has 1 aromatic heterocycles. The zero-order valence-corrected chi connectivity index (χ0v) is 5.96. The number of benzene rings is 1. The third kappa shape index (κ3) is 0.511. The summed E-state index contributed by atoms with van der Waals surface area (Å²) in [6, 6.07) is 6.40. The van der Waals surface area contributed by atoms with E-state index in [1.54, 1.807) is 0 Å². The lowest BCUT2D eigenvalue weighted by atomic mass is 9.96. The molecule has 1 aliphatic carbocycles. The van der Waals surface area contributed by atoms with Crippen LogP contribution < -0.4 is 0 Å². The monoisotopic (exact) mass is 141 g/mol. The maximum Gasteiger partial charge on any atom is 0.0533 e. The molecule has 1 heterocycles. The molecular weight excluding hydrogens is 134 g/mol. The molecule has 0 aliphatic heterocycles. The van der Waals surface area contributed by atoms with Crippen molar-refractivity contribution in [2.45, 2.75) is 0 Å². The van der Waals surface area contributed by atoms with Gasteiger partial charge in [0, 0.05) is 17.1 Å². The third-order valence-corrected chi connectivity index (χ3v) is 2.23. The van der Waals surface area contributed by atoms with Crippen LogP contribution in [0.2, 0.25) is 0 Å². The lowest BCUT2D eigenvalue weighted by Crippen LogP contribution is -1.89. The fourth-order valence-electron chi connectivity index (χ4n) is 1.57. The first-order valence-electron chi connectivity index (χ1n) is 3.73. The van der Waals surface area contributed by atoms with Crippen molar-refractivity contribution < 1.29 is 0 Å². The summed E-state index contributed by atoms with van der Waals surface area (Å²) in [4.78, 5) is 3.23. The molecule has 0 spiro atoms. The molecule has 52 valence electrons. The predicted octanol–water partition coefficient (Wildman–Crippen LogP) is 2.65. The minimum Gasteiger partial charge on any atom is -0.361 e. The van der Waals surface area contributed by atoms with Gasteiger partial charge in [-0.3, -0.25) is 0 Å². The maximum absolute atomic E-state index is 3.23. The summed E-state index contributed by atoms with van der Waals surface area (Å²) in [6.45, 7) is 0. The molecule has 1 aromatic carbocycles. The highest BCUT2D eigenvalue weighted by Gasteiger charge is 2.08. The SMILES string of the molecule is C1=Cc2c1ccc1cc[nH]c21. The van der Waals surface area contributed by atoms with Gasteiger partial charge < -0.3 is 4.98 Å². The molecule has 0 fully saturated rings. The van der Waals surface area contributed by atoms with Gasteiger partial charge in [-0.25, -0.2) is 0 Å². The first-order valence-corrected chi connectivity index (χ1v) is 3.73. The molecule has 0 unspecified atom stereocenters. The fourth-order valence-corrected chi connectivity index (χ4v) is 1.57. The summed E-state index contributed by atoms with van der Waals surface area (Å²) >= 11 is 0. The highest BCUT2D eigenvalue weighted by atomic mass is 14.7. The predicted molar refractivity (Wildman–Crippen MR) is 47.2 cm³/mol. The fraction of sp³-hybridized carbons (Fsp3) is 0. The molecule has 0 amide bonds. The van der Waals surface area contributed by atoms with Crippen LogP contribution in [0.4, 0.5) is 0 Å². The number of H-pyrrole nitrogens is 1. The number of aromatic amines is 1. The van der Waals surface area contributed by atoms with E-state index in [0.29, 0.717) is 0 Å². The van der Waals surface area contributed by atoms with E-state index in [4.69, 9.17) is 0 Å². The van der Waals surface area contributed by atoms with Crippen molar-refractivity contribution in [2.75, 3.05) is 0 Å². The first kappa shape index (κ1) is 5.19. The summed E-state index contributed by atoms with van der Waals surface area (Å²) < 4.78 is 0. The van der Waals surface area contributed by atoms with Crippen molar-refractivity contribution in [3.8, 4) is 0 Å². The Kier molecular flexibility index (Phi) is 0.737. The summed E-state index contributed by atoms with van der Waals surface area (Å²) in [5, 5.41) is 1.30. The minimum absolute atomic E-state index is 1.27. The molecule has 11 heavy (non-hydrogen) atoms. The molecule has 0 atom stereocenters. The van der Waals surface area contributed by atoms with Gasteiger partial charge >= 0.3 is 0 Å². The average Bonchev–Trinajstić information content (AvgIpc) is 2.34. The quantitative estimate of drug-likeness (QED) is 0.495. The number of hydrogen-bond donors (Lipinski definition) is 1. The summed E-state index contributed by atoms with van der Waals surface area (Å²) in [7, 11) is 0. The van der Waals surface area contributed by atoms with Crippen LogP contribution in [0.5, 0.6) is 0 Å². The molecular formula is C10H7N. The molecule has 1 aliphatic rings. The molecule has 2 aromatic rings. The van der Waals surface area contributed by atoms with Gasteiger partial charge in [0.15, 0.2) is 0 Å². The van der Waals surface area contributed by atoms with E-state index in [1.165, 1.54) is 22.0 Å². The van der Waals surface area contributed by atoms with Crippen LogP contribution in [0.25, 0.3) is 23.1 Å². The van der Waals surface area contributed by atoms with Crippen LogP contribution in [-0.2, 0) is 0 Å². The van der Waals surface area contributed by atoms with Crippen molar-refractivity contribution in [1.29, 1.82) is 0 Å². The topological polar surface area (TPSA) is 15.8 Å². The van der Waals surface area contributed by atoms with Gasteiger partial charge in [0.1, 0.15) is 0 Å². The Balaban J connectivity index is 2.58. The van der Waals surface area contributed by atoms with E-state index in [2.05, 4.69) is 35.3 Å². The van der Waals surface area contributed by atoms with E-state index in [9.17, 15) is 0 Å². The first-order chi connectivity index (χ1) is 5.45. The Labute approximate surface area is 64.4 Å². The number of rotatable bonds is 0. The normalized spacial score (nSPS) is 13.1. The van der Waals surface area contributed by atoms with Crippen LogP contribution >= 0.6 is 0 Å². The Bertz CT molecular complexity index is 449. The van der Waals surface area contributed by atoms with Gasteiger partial charge in [0.25, 0.3) is 0 Å². The number of aromatic nitrogens is 1. The summed E-state index contributed by atoms with van der Waals surface area (Å²) in [6.07, 6.45) is 6.26. The smallest absolute Gasteiger partial charge is 0.0533 e. The Morgan fingerprint density at radius 1 is 1.00 bits per heavy atom. The van der Waals surface area contributed by atoms with E-state index in [1.807, 2.05) is 6.20 Å². The van der Waals surface area contributed by atoms with Gasteiger partial charge in [-0.1, -0.05) is 24.3 Å². The summed E-state index contributed by atoms with van der Waals surface area (Å²) in [5.41, 5.74) is 3.97. The van der Waals surface area contributed by atoms with Crippen molar-refractivity contribution >= 4 is 23.1 Å². The summed E-state index contributed by atoms with van der Waals surface area (Å²) in [5.74, 6) is 0. The van der Waals surface area contributed by atoms with Crippen LogP contribution in [0.1, 0.15) is 11.1 Å². The van der Waals surface area contributed by atoms with Crippen molar-refractivity contribution in [3.05, 3.63) is 35.5 Å². The number of nitrogens with one attached hydrogen (secondary N) is 1. The van der Waals surface area contributed by atoms with Crippen molar-refractivity contribution in [2.24, 2.45) is 0 Å². The molecule has 0 bridgehead atoms. The largest absolute Gasteiger partial charge is 0.361 e. The van der Waals surface area contributed by atoms with Crippen LogP contribution in [0.15, 0.2) is 24.4 Å². The second-order valence-electron chi connectivity index (χ2n) is 2.84. The van der Waals surface area contributed by atoms with E-state index >= 15 is 0 Å². The second-order valence-corrected chi connectivity index (χ2v) is 2.84. The number of hydrogen-bond acceptors (Lipinski definition) is 0. The van der Waals surface area contributed by atoms with Gasteiger partial charge in [0.05, 0.1) is 5.52 Å². The zero-order valence-electron chi connectivity index (χ0n) is 5.96. The van der Waals surface area contributed by atoms with Crippen LogP contribution in [0, 0.1) is 0 Å². The van der Waals surface area contributed by atoms with E-state index in [0.717, 1.165) is 0 Å². The molecule has 1 N–H and O–H groups in total. The molecule has 0 saturated heterocycles. The molecule has 0 radical (unpaired) electrons. The lowest BCUT2D eigenvalue weighted by molar-refractivity contribution is 1.46. The molecule has 0 saturated carbocycles. The van der Waals surface area contributed by atoms with Crippen LogP contribution in [-0.4, -0.2) is 4.98 Å². The molecule has 3 rings (SSSR count). The van der Waals surface area contributed by atoms with E-state index in [-0.39, 0.29) is 0 Å².